The number of pyridine rings is 1. The molecule has 0 aliphatic heterocycles. The topological polar surface area (TPSA) is 39.2 Å². The lowest BCUT2D eigenvalue weighted by atomic mass is 10.2. The second kappa shape index (κ2) is 6.57. The Morgan fingerprint density at radius 1 is 1.32 bits per heavy atom. The number of hydrogen-bond acceptors (Lipinski definition) is 4. The van der Waals surface area contributed by atoms with E-state index in [4.69, 9.17) is 4.74 Å². The number of benzene rings is 1. The molecule has 2 rings (SSSR count). The fourth-order valence-corrected chi connectivity index (χ4v) is 2.78. The Hall–Kier alpha value is -1.55. The quantitative estimate of drug-likeness (QED) is 0.785. The molecule has 1 aromatic heterocycles. The molecule has 1 heterocycles. The summed E-state index contributed by atoms with van der Waals surface area (Å²) in [6.45, 7) is 1.88. The van der Waals surface area contributed by atoms with Crippen LogP contribution in [-0.2, 0) is 15.3 Å². The molecule has 19 heavy (non-hydrogen) atoms. The van der Waals surface area contributed by atoms with Crippen LogP contribution in [-0.4, -0.2) is 23.8 Å². The van der Waals surface area contributed by atoms with E-state index in [1.807, 2.05) is 31.2 Å². The Morgan fingerprint density at radius 3 is 2.89 bits per heavy atom. The molecule has 0 spiro atoms. The Bertz CT molecular complexity index is 571. The number of aromatic nitrogens is 1. The van der Waals surface area contributed by atoms with Crippen LogP contribution in [0.15, 0.2) is 36.4 Å². The summed E-state index contributed by atoms with van der Waals surface area (Å²) in [5.41, 5.74) is 2.06. The van der Waals surface area contributed by atoms with Crippen molar-refractivity contribution in [2.24, 2.45) is 5.92 Å². The number of carbonyl (C=O) groups is 1. The van der Waals surface area contributed by atoms with Gasteiger partial charge in [-0.05, 0) is 12.1 Å². The molecule has 4 heteroatoms. The first-order chi connectivity index (χ1) is 9.20. The van der Waals surface area contributed by atoms with E-state index in [-0.39, 0.29) is 11.9 Å². The number of hydrogen-bond donors (Lipinski definition) is 0. The molecule has 1 unspecified atom stereocenters. The summed E-state index contributed by atoms with van der Waals surface area (Å²) >= 11 is 1.70. The Kier molecular flexibility index (Phi) is 4.80. The van der Waals surface area contributed by atoms with Crippen LogP contribution in [0.3, 0.4) is 0 Å². The van der Waals surface area contributed by atoms with Gasteiger partial charge in [0.05, 0.1) is 24.2 Å². The minimum absolute atomic E-state index is 0.0737. The molecule has 0 N–H and O–H groups in total. The monoisotopic (exact) mass is 275 g/mol. The molecule has 0 bridgehead atoms. The van der Waals surface area contributed by atoms with Crippen LogP contribution < -0.4 is 0 Å². The molecular weight excluding hydrogens is 258 g/mol. The van der Waals surface area contributed by atoms with Crippen molar-refractivity contribution < 1.29 is 9.53 Å². The minimum Gasteiger partial charge on any atom is -0.469 e. The number of thioether (sulfide) groups is 1. The van der Waals surface area contributed by atoms with Gasteiger partial charge in [-0.25, -0.2) is 0 Å². The van der Waals surface area contributed by atoms with Gasteiger partial charge in [0.15, 0.2) is 0 Å². The van der Waals surface area contributed by atoms with Gasteiger partial charge in [0.25, 0.3) is 0 Å². The maximum Gasteiger partial charge on any atom is 0.309 e. The third-order valence-electron chi connectivity index (χ3n) is 2.88. The van der Waals surface area contributed by atoms with E-state index in [0.717, 1.165) is 28.1 Å². The van der Waals surface area contributed by atoms with Gasteiger partial charge in [-0.1, -0.05) is 31.2 Å². The van der Waals surface area contributed by atoms with Crippen molar-refractivity contribution in [3.63, 3.8) is 0 Å². The highest BCUT2D eigenvalue weighted by Crippen LogP contribution is 2.18. The van der Waals surface area contributed by atoms with Gasteiger partial charge >= 0.3 is 5.97 Å². The number of methoxy groups -OCH3 is 1. The SMILES string of the molecule is COC(=O)C(C)CSCc1ccc2ccccc2n1. The van der Waals surface area contributed by atoms with E-state index < -0.39 is 0 Å². The predicted molar refractivity (Wildman–Crippen MR) is 79.1 cm³/mol. The normalized spacial score (nSPS) is 12.3. The first-order valence-corrected chi connectivity index (χ1v) is 7.36. The van der Waals surface area contributed by atoms with E-state index >= 15 is 0 Å². The molecule has 0 fully saturated rings. The molecule has 0 saturated heterocycles. The van der Waals surface area contributed by atoms with Crippen molar-refractivity contribution in [2.75, 3.05) is 12.9 Å². The fourth-order valence-electron chi connectivity index (χ4n) is 1.80. The molecule has 2 aromatic rings. The van der Waals surface area contributed by atoms with Gasteiger partial charge in [-0.2, -0.15) is 11.8 Å². The third-order valence-corrected chi connectivity index (χ3v) is 4.11. The van der Waals surface area contributed by atoms with Gasteiger partial charge in [0.2, 0.25) is 0 Å². The summed E-state index contributed by atoms with van der Waals surface area (Å²) in [5.74, 6) is 1.34. The highest BCUT2D eigenvalue weighted by Gasteiger charge is 2.12. The summed E-state index contributed by atoms with van der Waals surface area (Å²) in [5, 5.41) is 1.15. The number of esters is 1. The molecule has 0 amide bonds. The van der Waals surface area contributed by atoms with Crippen LogP contribution in [0.25, 0.3) is 10.9 Å². The highest BCUT2D eigenvalue weighted by molar-refractivity contribution is 7.98. The van der Waals surface area contributed by atoms with E-state index in [2.05, 4.69) is 17.1 Å². The van der Waals surface area contributed by atoms with E-state index in [9.17, 15) is 4.79 Å². The summed E-state index contributed by atoms with van der Waals surface area (Å²) in [6, 6.07) is 12.2. The Morgan fingerprint density at radius 2 is 2.11 bits per heavy atom. The van der Waals surface area contributed by atoms with Crippen LogP contribution in [0.1, 0.15) is 12.6 Å². The zero-order valence-corrected chi connectivity index (χ0v) is 11.9. The molecule has 0 aliphatic rings. The van der Waals surface area contributed by atoms with Crippen molar-refractivity contribution in [3.8, 4) is 0 Å². The molecule has 0 radical (unpaired) electrons. The highest BCUT2D eigenvalue weighted by atomic mass is 32.2. The molecular formula is C15H17NO2S. The van der Waals surface area contributed by atoms with Crippen molar-refractivity contribution in [1.82, 2.24) is 4.98 Å². The van der Waals surface area contributed by atoms with Crippen LogP contribution in [0.2, 0.25) is 0 Å². The zero-order valence-electron chi connectivity index (χ0n) is 11.1. The van der Waals surface area contributed by atoms with Crippen molar-refractivity contribution in [2.45, 2.75) is 12.7 Å². The van der Waals surface area contributed by atoms with Crippen LogP contribution in [0.5, 0.6) is 0 Å². The van der Waals surface area contributed by atoms with Crippen LogP contribution in [0.4, 0.5) is 0 Å². The Labute approximate surface area is 117 Å². The molecule has 0 aliphatic carbocycles. The zero-order chi connectivity index (χ0) is 13.7. The average Bonchev–Trinajstić information content (AvgIpc) is 2.46. The number of nitrogens with zero attached hydrogens (tertiary/aromatic N) is 1. The second-order valence-corrected chi connectivity index (χ2v) is 5.46. The second-order valence-electron chi connectivity index (χ2n) is 4.43. The number of para-hydroxylation sites is 1. The average molecular weight is 275 g/mol. The maximum absolute atomic E-state index is 11.3. The van der Waals surface area contributed by atoms with E-state index in [1.54, 1.807) is 11.8 Å². The van der Waals surface area contributed by atoms with Gasteiger partial charge in [0, 0.05) is 16.9 Å². The van der Waals surface area contributed by atoms with Gasteiger partial charge in [-0.15, -0.1) is 0 Å². The summed E-state index contributed by atoms with van der Waals surface area (Å²) < 4.78 is 4.70. The molecule has 3 nitrogen and oxygen atoms in total. The third kappa shape index (κ3) is 3.70. The lowest BCUT2D eigenvalue weighted by molar-refractivity contribution is -0.143. The largest absolute Gasteiger partial charge is 0.469 e. The van der Waals surface area contributed by atoms with E-state index in [1.165, 1.54) is 7.11 Å². The fraction of sp³-hybridized carbons (Fsp3) is 0.333. The van der Waals surface area contributed by atoms with Crippen molar-refractivity contribution in [3.05, 3.63) is 42.1 Å². The van der Waals surface area contributed by atoms with Crippen molar-refractivity contribution >= 4 is 28.6 Å². The summed E-state index contributed by atoms with van der Waals surface area (Å²) in [4.78, 5) is 15.9. The lowest BCUT2D eigenvalue weighted by Crippen LogP contribution is -2.14. The standard InChI is InChI=1S/C15H17NO2S/c1-11(15(17)18-2)9-19-10-13-8-7-12-5-3-4-6-14(12)16-13/h3-8,11H,9-10H2,1-2H3. The smallest absolute Gasteiger partial charge is 0.309 e. The Balaban J connectivity index is 1.93. The number of ether oxygens (including phenoxy) is 1. The van der Waals surface area contributed by atoms with Gasteiger partial charge in [-0.3, -0.25) is 9.78 Å². The number of fused-ring (bicyclic) bond motifs is 1. The first kappa shape index (κ1) is 13.9. The van der Waals surface area contributed by atoms with Gasteiger partial charge in [0.1, 0.15) is 0 Å². The van der Waals surface area contributed by atoms with Crippen molar-refractivity contribution in [1.29, 1.82) is 0 Å². The number of carbonyl (C=O) groups excluding carboxylic acids is 1. The van der Waals surface area contributed by atoms with Crippen LogP contribution in [0, 0.1) is 5.92 Å². The molecule has 0 saturated carbocycles. The van der Waals surface area contributed by atoms with Gasteiger partial charge < -0.3 is 4.74 Å². The first-order valence-electron chi connectivity index (χ1n) is 6.21. The predicted octanol–water partition coefficient (Wildman–Crippen LogP) is 3.28. The summed E-state index contributed by atoms with van der Waals surface area (Å²) in [6.07, 6.45) is 0. The number of rotatable bonds is 5. The summed E-state index contributed by atoms with van der Waals surface area (Å²) in [7, 11) is 1.42. The van der Waals surface area contributed by atoms with Crippen LogP contribution >= 0.6 is 11.8 Å². The molecule has 1 aromatic carbocycles. The lowest BCUT2D eigenvalue weighted by Gasteiger charge is -2.08. The molecule has 1 atom stereocenters. The minimum atomic E-state index is -0.154. The van der Waals surface area contributed by atoms with E-state index in [0.29, 0.717) is 0 Å². The molecule has 100 valence electrons. The maximum atomic E-state index is 11.3.